The largest absolute Gasteiger partial charge is 0.273 e. The maximum absolute atomic E-state index is 4.69. The quantitative estimate of drug-likeness (QED) is 0.690. The molecule has 2 bridgehead atoms. The lowest BCUT2D eigenvalue weighted by Crippen LogP contribution is -2.32. The Morgan fingerprint density at radius 1 is 1.35 bits per heavy atom. The van der Waals surface area contributed by atoms with Crippen molar-refractivity contribution in [1.29, 1.82) is 0 Å². The van der Waals surface area contributed by atoms with Crippen molar-refractivity contribution in [2.45, 2.75) is 44.9 Å². The summed E-state index contributed by atoms with van der Waals surface area (Å²) in [4.78, 5) is 4.69. The van der Waals surface area contributed by atoms with Crippen LogP contribution in [0.2, 0.25) is 0 Å². The lowest BCUT2D eigenvalue weighted by atomic mass is 9.70. The van der Waals surface area contributed by atoms with Crippen molar-refractivity contribution in [3.8, 4) is 0 Å². The number of hydrogen-bond donors (Lipinski definition) is 0. The Bertz CT molecular complexity index is 629. The molecule has 2 aliphatic carbocycles. The van der Waals surface area contributed by atoms with Crippen LogP contribution in [0.25, 0.3) is 5.78 Å². The summed E-state index contributed by atoms with van der Waals surface area (Å²) in [6, 6.07) is 0. The van der Waals surface area contributed by atoms with Crippen LogP contribution in [0.1, 0.15) is 50.8 Å². The molecule has 1 saturated carbocycles. The molecule has 0 unspecified atom stereocenters. The van der Waals surface area contributed by atoms with E-state index in [4.69, 9.17) is 4.98 Å². The summed E-state index contributed by atoms with van der Waals surface area (Å²) in [5.74, 6) is 1.22. The molecule has 2 aromatic rings. The zero-order chi connectivity index (χ0) is 11.8. The number of aromatic nitrogens is 5. The molecule has 0 radical (unpaired) electrons. The molecule has 2 aliphatic rings. The molecule has 0 N–H and O–H groups in total. The van der Waals surface area contributed by atoms with Crippen LogP contribution < -0.4 is 0 Å². The van der Waals surface area contributed by atoms with E-state index in [1.807, 2.05) is 0 Å². The molecule has 5 heteroatoms. The van der Waals surface area contributed by atoms with Crippen LogP contribution in [-0.2, 0) is 5.41 Å². The van der Waals surface area contributed by atoms with Crippen molar-refractivity contribution in [1.82, 2.24) is 25.0 Å². The monoisotopic (exact) mass is 229 g/mol. The van der Waals surface area contributed by atoms with E-state index >= 15 is 0 Å². The molecular weight excluding hydrogens is 214 g/mol. The third-order valence-corrected chi connectivity index (χ3v) is 5.35. The molecular formula is C12H15N5. The summed E-state index contributed by atoms with van der Waals surface area (Å²) in [6.07, 6.45) is 4.56. The first kappa shape index (κ1) is 9.50. The Balaban J connectivity index is 2.09. The summed E-state index contributed by atoms with van der Waals surface area (Å²) in [7, 11) is 0. The maximum Gasteiger partial charge on any atom is 0.273 e. The topological polar surface area (TPSA) is 56.0 Å². The van der Waals surface area contributed by atoms with E-state index in [9.17, 15) is 0 Å². The minimum absolute atomic E-state index is 0.181. The van der Waals surface area contributed by atoms with Gasteiger partial charge in [-0.3, -0.25) is 0 Å². The van der Waals surface area contributed by atoms with Gasteiger partial charge in [0.1, 0.15) is 0 Å². The van der Waals surface area contributed by atoms with Gasteiger partial charge >= 0.3 is 0 Å². The van der Waals surface area contributed by atoms with E-state index in [1.54, 1.807) is 4.52 Å². The van der Waals surface area contributed by atoms with Crippen LogP contribution in [-0.4, -0.2) is 25.0 Å². The Morgan fingerprint density at radius 2 is 2.18 bits per heavy atom. The molecule has 0 amide bonds. The average molecular weight is 229 g/mol. The minimum Gasteiger partial charge on any atom is -0.214 e. The molecule has 17 heavy (non-hydrogen) atoms. The van der Waals surface area contributed by atoms with Crippen molar-refractivity contribution >= 4 is 5.78 Å². The lowest BCUT2D eigenvalue weighted by Gasteiger charge is -2.34. The van der Waals surface area contributed by atoms with Gasteiger partial charge in [-0.15, -0.1) is 0 Å². The molecule has 88 valence electrons. The third kappa shape index (κ3) is 0.851. The number of hydrogen-bond acceptors (Lipinski definition) is 4. The number of rotatable bonds is 0. The smallest absolute Gasteiger partial charge is 0.214 e. The summed E-state index contributed by atoms with van der Waals surface area (Å²) in [6.45, 7) is 7.06. The van der Waals surface area contributed by atoms with E-state index in [0.717, 1.165) is 0 Å². The molecule has 4 rings (SSSR count). The van der Waals surface area contributed by atoms with Gasteiger partial charge in [-0.2, -0.15) is 4.52 Å². The van der Waals surface area contributed by atoms with Crippen molar-refractivity contribution in [2.24, 2.45) is 5.41 Å². The second kappa shape index (κ2) is 2.49. The highest BCUT2D eigenvalue weighted by Gasteiger charge is 2.60. The fraction of sp³-hybridized carbons (Fsp3) is 0.667. The van der Waals surface area contributed by atoms with Crippen LogP contribution in [0.4, 0.5) is 0 Å². The van der Waals surface area contributed by atoms with Crippen molar-refractivity contribution < 1.29 is 0 Å². The van der Waals surface area contributed by atoms with Crippen LogP contribution in [0, 0.1) is 5.41 Å². The van der Waals surface area contributed by atoms with Gasteiger partial charge < -0.3 is 0 Å². The highest BCUT2D eigenvalue weighted by Crippen LogP contribution is 2.66. The van der Waals surface area contributed by atoms with E-state index in [0.29, 0.717) is 11.7 Å². The first-order chi connectivity index (χ1) is 8.04. The predicted molar refractivity (Wildman–Crippen MR) is 61.7 cm³/mol. The minimum atomic E-state index is 0.181. The number of nitrogens with zero attached hydrogens (tertiary/aromatic N) is 5. The second-order valence-electron chi connectivity index (χ2n) is 6.11. The molecule has 1 fully saturated rings. The lowest BCUT2D eigenvalue weighted by molar-refractivity contribution is 0.227. The van der Waals surface area contributed by atoms with Crippen LogP contribution in [0.15, 0.2) is 6.20 Å². The molecule has 0 spiro atoms. The second-order valence-corrected chi connectivity index (χ2v) is 6.11. The summed E-state index contributed by atoms with van der Waals surface area (Å²) < 4.78 is 1.69. The Kier molecular flexibility index (Phi) is 1.39. The molecule has 2 heterocycles. The predicted octanol–water partition coefficient (Wildman–Crippen LogP) is 1.69. The molecule has 5 nitrogen and oxygen atoms in total. The SMILES string of the molecule is CC1(C)[C@@H]2CC[C@@]1(C)c1nc3nnnn3cc12. The van der Waals surface area contributed by atoms with Gasteiger partial charge in [-0.1, -0.05) is 25.9 Å². The average Bonchev–Trinajstić information content (AvgIpc) is 2.85. The normalized spacial score (nSPS) is 33.2. The first-order valence-electron chi connectivity index (χ1n) is 6.13. The van der Waals surface area contributed by atoms with Crippen LogP contribution in [0.3, 0.4) is 0 Å². The van der Waals surface area contributed by atoms with Gasteiger partial charge in [-0.25, -0.2) is 4.98 Å². The zero-order valence-corrected chi connectivity index (χ0v) is 10.3. The number of tetrazole rings is 1. The first-order valence-corrected chi connectivity index (χ1v) is 6.13. The molecule has 2 aromatic heterocycles. The van der Waals surface area contributed by atoms with Gasteiger partial charge in [0.2, 0.25) is 0 Å². The van der Waals surface area contributed by atoms with Gasteiger partial charge in [0.25, 0.3) is 5.78 Å². The van der Waals surface area contributed by atoms with Crippen LogP contribution >= 0.6 is 0 Å². The Hall–Kier alpha value is -1.52. The van der Waals surface area contributed by atoms with Gasteiger partial charge in [0.05, 0.1) is 5.69 Å². The van der Waals surface area contributed by atoms with Crippen LogP contribution in [0.5, 0.6) is 0 Å². The van der Waals surface area contributed by atoms with Gasteiger partial charge in [-0.05, 0) is 40.2 Å². The maximum atomic E-state index is 4.69. The fourth-order valence-corrected chi connectivity index (χ4v) is 3.87. The molecule has 0 aromatic carbocycles. The molecule has 0 aliphatic heterocycles. The third-order valence-electron chi connectivity index (χ3n) is 5.35. The van der Waals surface area contributed by atoms with E-state index in [1.165, 1.54) is 24.1 Å². The zero-order valence-electron chi connectivity index (χ0n) is 10.3. The van der Waals surface area contributed by atoms with Gasteiger partial charge in [0.15, 0.2) is 0 Å². The summed E-state index contributed by atoms with van der Waals surface area (Å²) >= 11 is 0. The van der Waals surface area contributed by atoms with E-state index < -0.39 is 0 Å². The number of fused-ring (bicyclic) bond motifs is 6. The Labute approximate surface area is 99.2 Å². The highest BCUT2D eigenvalue weighted by atomic mass is 15.5. The van der Waals surface area contributed by atoms with Crippen molar-refractivity contribution in [3.63, 3.8) is 0 Å². The van der Waals surface area contributed by atoms with Gasteiger partial charge in [0, 0.05) is 11.6 Å². The molecule has 2 atom stereocenters. The summed E-state index contributed by atoms with van der Waals surface area (Å²) in [5, 5.41) is 11.6. The van der Waals surface area contributed by atoms with E-state index in [2.05, 4.69) is 42.5 Å². The standard InChI is InChI=1S/C12H15N5/c1-11(2)8-4-5-12(11,3)9-7(8)6-17-10(13-9)14-15-16-17/h6,8H,4-5H2,1-3H3/t8-,12+/m1/s1. The Morgan fingerprint density at radius 3 is 3.00 bits per heavy atom. The summed E-state index contributed by atoms with van der Waals surface area (Å²) in [5.41, 5.74) is 3.04. The highest BCUT2D eigenvalue weighted by molar-refractivity contribution is 5.47. The van der Waals surface area contributed by atoms with Crippen molar-refractivity contribution in [3.05, 3.63) is 17.5 Å². The fourth-order valence-electron chi connectivity index (χ4n) is 3.87. The van der Waals surface area contributed by atoms with Crippen molar-refractivity contribution in [2.75, 3.05) is 0 Å². The van der Waals surface area contributed by atoms with E-state index in [-0.39, 0.29) is 10.8 Å². The molecule has 0 saturated heterocycles.